The van der Waals surface area contributed by atoms with Gasteiger partial charge >= 0.3 is 0 Å². The van der Waals surface area contributed by atoms with Gasteiger partial charge in [-0.05, 0) is 48.5 Å². The zero-order valence-electron chi connectivity index (χ0n) is 7.78. The topological polar surface area (TPSA) is 0 Å². The zero-order valence-corrected chi connectivity index (χ0v) is 8.60. The molecule has 3 heteroatoms. The fraction of sp³-hybridized carbons (Fsp3) is 0. The molecular formula is C12H8F2S. The number of rotatable bonds is 2. The Balaban J connectivity index is 2.15. The SMILES string of the molecule is Fc1ccc(Sc2ccc(F)cc2)cc1. The van der Waals surface area contributed by atoms with Crippen LogP contribution in [-0.4, -0.2) is 0 Å². The van der Waals surface area contributed by atoms with Gasteiger partial charge in [-0.1, -0.05) is 11.8 Å². The summed E-state index contributed by atoms with van der Waals surface area (Å²) in [5.74, 6) is -0.503. The maximum atomic E-state index is 12.6. The lowest BCUT2D eigenvalue weighted by molar-refractivity contribution is 0.626. The van der Waals surface area contributed by atoms with Crippen molar-refractivity contribution in [1.29, 1.82) is 0 Å². The van der Waals surface area contributed by atoms with E-state index in [0.717, 1.165) is 9.79 Å². The van der Waals surface area contributed by atoms with Gasteiger partial charge in [-0.2, -0.15) is 0 Å². The molecule has 15 heavy (non-hydrogen) atoms. The second kappa shape index (κ2) is 4.45. The van der Waals surface area contributed by atoms with Crippen molar-refractivity contribution in [3.63, 3.8) is 0 Å². The van der Waals surface area contributed by atoms with Crippen molar-refractivity contribution in [2.24, 2.45) is 0 Å². The second-order valence-electron chi connectivity index (χ2n) is 3.01. The van der Waals surface area contributed by atoms with Crippen molar-refractivity contribution in [2.45, 2.75) is 9.79 Å². The van der Waals surface area contributed by atoms with E-state index in [9.17, 15) is 8.78 Å². The Bertz CT molecular complexity index is 391. The molecule has 0 unspecified atom stereocenters. The summed E-state index contributed by atoms with van der Waals surface area (Å²) in [6.07, 6.45) is 0. The maximum Gasteiger partial charge on any atom is 0.123 e. The van der Waals surface area contributed by atoms with Crippen molar-refractivity contribution in [3.05, 3.63) is 60.2 Å². The lowest BCUT2D eigenvalue weighted by atomic mass is 10.3. The number of hydrogen-bond donors (Lipinski definition) is 0. The standard InChI is InChI=1S/C12H8F2S/c13-9-1-5-11(6-2-9)15-12-7-3-10(14)4-8-12/h1-8H. The molecule has 2 rings (SSSR count). The Hall–Kier alpha value is -1.35. The van der Waals surface area contributed by atoms with Gasteiger partial charge in [0.1, 0.15) is 11.6 Å². The summed E-state index contributed by atoms with van der Waals surface area (Å²) in [6, 6.07) is 12.4. The normalized spacial score (nSPS) is 10.3. The average Bonchev–Trinajstić information content (AvgIpc) is 2.25. The van der Waals surface area contributed by atoms with Crippen LogP contribution >= 0.6 is 11.8 Å². The monoisotopic (exact) mass is 222 g/mol. The van der Waals surface area contributed by atoms with Crippen molar-refractivity contribution in [2.75, 3.05) is 0 Å². The highest BCUT2D eigenvalue weighted by atomic mass is 32.2. The molecular weight excluding hydrogens is 214 g/mol. The molecule has 76 valence electrons. The summed E-state index contributed by atoms with van der Waals surface area (Å²) in [5.41, 5.74) is 0. The molecule has 2 aromatic carbocycles. The van der Waals surface area contributed by atoms with Crippen LogP contribution in [0.25, 0.3) is 0 Å². The molecule has 0 spiro atoms. The zero-order chi connectivity index (χ0) is 10.7. The smallest absolute Gasteiger partial charge is 0.123 e. The third kappa shape index (κ3) is 2.80. The van der Waals surface area contributed by atoms with Crippen LogP contribution < -0.4 is 0 Å². The predicted octanol–water partition coefficient (Wildman–Crippen LogP) is 4.12. The molecule has 0 bridgehead atoms. The molecule has 0 N–H and O–H groups in total. The first-order valence-electron chi connectivity index (χ1n) is 4.43. The van der Waals surface area contributed by atoms with Crippen LogP contribution in [0.15, 0.2) is 58.3 Å². The van der Waals surface area contributed by atoms with E-state index >= 15 is 0 Å². The Kier molecular flexibility index (Phi) is 3.02. The molecule has 0 aromatic heterocycles. The minimum atomic E-state index is -0.251. The Morgan fingerprint density at radius 3 is 1.27 bits per heavy atom. The van der Waals surface area contributed by atoms with E-state index in [1.54, 1.807) is 24.3 Å². The molecule has 0 heterocycles. The first kappa shape index (κ1) is 10.2. The van der Waals surface area contributed by atoms with E-state index in [2.05, 4.69) is 0 Å². The summed E-state index contributed by atoms with van der Waals surface area (Å²) in [4.78, 5) is 1.87. The van der Waals surface area contributed by atoms with Crippen LogP contribution in [0.5, 0.6) is 0 Å². The molecule has 0 nitrogen and oxygen atoms in total. The number of hydrogen-bond acceptors (Lipinski definition) is 1. The van der Waals surface area contributed by atoms with Gasteiger partial charge in [0.2, 0.25) is 0 Å². The van der Waals surface area contributed by atoms with Gasteiger partial charge < -0.3 is 0 Å². The molecule has 2 aromatic rings. The summed E-state index contributed by atoms with van der Waals surface area (Å²) in [5, 5.41) is 0. The summed E-state index contributed by atoms with van der Waals surface area (Å²) < 4.78 is 25.2. The van der Waals surface area contributed by atoms with E-state index in [4.69, 9.17) is 0 Å². The Labute approximate surface area is 90.9 Å². The molecule has 0 aliphatic carbocycles. The third-order valence-electron chi connectivity index (χ3n) is 1.86. The molecule has 0 amide bonds. The first-order chi connectivity index (χ1) is 7.24. The Morgan fingerprint density at radius 2 is 0.933 bits per heavy atom. The predicted molar refractivity (Wildman–Crippen MR) is 56.9 cm³/mol. The molecule has 0 saturated carbocycles. The van der Waals surface area contributed by atoms with Crippen molar-refractivity contribution >= 4 is 11.8 Å². The van der Waals surface area contributed by atoms with Gasteiger partial charge in [0.05, 0.1) is 0 Å². The van der Waals surface area contributed by atoms with Crippen LogP contribution in [0.1, 0.15) is 0 Å². The van der Waals surface area contributed by atoms with E-state index in [1.807, 2.05) is 0 Å². The summed E-state index contributed by atoms with van der Waals surface area (Å²) in [7, 11) is 0. The van der Waals surface area contributed by atoms with Crippen molar-refractivity contribution in [3.8, 4) is 0 Å². The maximum absolute atomic E-state index is 12.6. The van der Waals surface area contributed by atoms with E-state index in [-0.39, 0.29) is 11.6 Å². The van der Waals surface area contributed by atoms with E-state index < -0.39 is 0 Å². The largest absolute Gasteiger partial charge is 0.207 e. The minimum absolute atomic E-state index is 0.251. The lowest BCUT2D eigenvalue weighted by Gasteiger charge is -2.00. The van der Waals surface area contributed by atoms with Crippen molar-refractivity contribution in [1.82, 2.24) is 0 Å². The van der Waals surface area contributed by atoms with Gasteiger partial charge in [0.25, 0.3) is 0 Å². The lowest BCUT2D eigenvalue weighted by Crippen LogP contribution is -1.76. The summed E-state index contributed by atoms with van der Waals surface area (Å²) >= 11 is 1.47. The van der Waals surface area contributed by atoms with Crippen LogP contribution in [0.2, 0.25) is 0 Å². The van der Waals surface area contributed by atoms with Crippen LogP contribution in [0.4, 0.5) is 8.78 Å². The Morgan fingerprint density at radius 1 is 0.600 bits per heavy atom. The van der Waals surface area contributed by atoms with E-state index in [1.165, 1.54) is 36.0 Å². The molecule has 0 saturated heterocycles. The molecule has 0 radical (unpaired) electrons. The van der Waals surface area contributed by atoms with E-state index in [0.29, 0.717) is 0 Å². The van der Waals surface area contributed by atoms with Gasteiger partial charge in [0, 0.05) is 9.79 Å². The second-order valence-corrected chi connectivity index (χ2v) is 4.16. The minimum Gasteiger partial charge on any atom is -0.207 e. The highest BCUT2D eigenvalue weighted by molar-refractivity contribution is 7.99. The number of halogens is 2. The van der Waals surface area contributed by atoms with Crippen LogP contribution in [0.3, 0.4) is 0 Å². The van der Waals surface area contributed by atoms with Crippen LogP contribution in [0, 0.1) is 11.6 Å². The van der Waals surface area contributed by atoms with Gasteiger partial charge in [-0.15, -0.1) is 0 Å². The molecule has 0 fully saturated rings. The molecule has 0 aliphatic rings. The fourth-order valence-corrected chi connectivity index (χ4v) is 1.96. The molecule has 0 aliphatic heterocycles. The van der Waals surface area contributed by atoms with Crippen LogP contribution in [-0.2, 0) is 0 Å². The average molecular weight is 222 g/mol. The van der Waals surface area contributed by atoms with Crippen molar-refractivity contribution < 1.29 is 8.78 Å². The van der Waals surface area contributed by atoms with Gasteiger partial charge in [0.15, 0.2) is 0 Å². The summed E-state index contributed by atoms with van der Waals surface area (Å²) in [6.45, 7) is 0. The third-order valence-corrected chi connectivity index (χ3v) is 2.88. The van der Waals surface area contributed by atoms with Gasteiger partial charge in [-0.3, -0.25) is 0 Å². The number of benzene rings is 2. The highest BCUT2D eigenvalue weighted by Gasteiger charge is 1.98. The molecule has 0 atom stereocenters. The quantitative estimate of drug-likeness (QED) is 0.736. The fourth-order valence-electron chi connectivity index (χ4n) is 1.14. The first-order valence-corrected chi connectivity index (χ1v) is 5.25. The van der Waals surface area contributed by atoms with Gasteiger partial charge in [-0.25, -0.2) is 8.78 Å². The highest BCUT2D eigenvalue weighted by Crippen LogP contribution is 2.27.